The van der Waals surface area contributed by atoms with Gasteiger partial charge in [0.1, 0.15) is 16.9 Å². The number of hydrogen-bond donors (Lipinski definition) is 3. The average Bonchev–Trinajstić information content (AvgIpc) is 3.54. The van der Waals surface area contributed by atoms with Crippen molar-refractivity contribution in [2.75, 3.05) is 0 Å². The van der Waals surface area contributed by atoms with Crippen LogP contribution in [0, 0.1) is 11.7 Å². The van der Waals surface area contributed by atoms with Crippen molar-refractivity contribution in [3.8, 4) is 22.6 Å². The molecule has 0 saturated heterocycles. The Hall–Kier alpha value is -4.85. The number of aromatic amines is 2. The van der Waals surface area contributed by atoms with Crippen molar-refractivity contribution in [1.82, 2.24) is 35.5 Å². The van der Waals surface area contributed by atoms with Crippen molar-refractivity contribution >= 4 is 27.6 Å². The van der Waals surface area contributed by atoms with E-state index < -0.39 is 0 Å². The number of imidazole rings is 1. The maximum absolute atomic E-state index is 14.6. The van der Waals surface area contributed by atoms with Crippen LogP contribution in [0.4, 0.5) is 4.39 Å². The van der Waals surface area contributed by atoms with E-state index in [1.54, 1.807) is 36.7 Å². The molecule has 0 radical (unpaired) electrons. The zero-order valence-electron chi connectivity index (χ0n) is 21.6. The fourth-order valence-electron chi connectivity index (χ4n) is 4.81. The first-order chi connectivity index (χ1) is 19.1. The van der Waals surface area contributed by atoms with Crippen LogP contribution in [0.25, 0.3) is 50.3 Å². The molecule has 0 spiro atoms. The van der Waals surface area contributed by atoms with Crippen molar-refractivity contribution in [2.45, 2.75) is 26.2 Å². The van der Waals surface area contributed by atoms with E-state index in [-0.39, 0.29) is 5.82 Å². The molecule has 6 rings (SSSR count). The normalized spacial score (nSPS) is 14.5. The number of pyridine rings is 2. The van der Waals surface area contributed by atoms with Gasteiger partial charge in [-0.15, -0.1) is 0 Å². The van der Waals surface area contributed by atoms with Crippen LogP contribution in [-0.4, -0.2) is 30.1 Å². The number of H-pyrrole nitrogens is 2. The van der Waals surface area contributed by atoms with Crippen LogP contribution >= 0.6 is 0 Å². The molecule has 194 valence electrons. The SMILES string of the molecule is C=C/C(=C\C(=C/C)c1ccc2[nH]nc(-c3nc4c(-c5ccccc5F)cncc4[nH]3)c2n1)NC(=C)C1CCC1. The Kier molecular flexibility index (Phi) is 6.36. The van der Waals surface area contributed by atoms with E-state index in [1.165, 1.54) is 25.3 Å². The molecular weight excluding hydrogens is 489 g/mol. The fraction of sp³-hybridized carbons (Fsp3) is 0.161. The third-order valence-electron chi connectivity index (χ3n) is 7.23. The van der Waals surface area contributed by atoms with Crippen molar-refractivity contribution in [3.05, 3.63) is 103 Å². The van der Waals surface area contributed by atoms with Crippen LogP contribution < -0.4 is 5.32 Å². The zero-order chi connectivity index (χ0) is 26.9. The van der Waals surface area contributed by atoms with Crippen LogP contribution in [0.3, 0.4) is 0 Å². The molecule has 1 aliphatic carbocycles. The van der Waals surface area contributed by atoms with Gasteiger partial charge in [0, 0.05) is 28.7 Å². The van der Waals surface area contributed by atoms with Crippen molar-refractivity contribution in [2.24, 2.45) is 5.92 Å². The Labute approximate surface area is 225 Å². The standard InChI is InChI=1S/C31H28FN7/c1-4-19(15-21(5-2)34-18(3)20-9-8-10-20)25-13-14-26-29(35-25)30(39-38-26)31-36-27-17-33-16-23(28(27)37-31)22-11-6-7-12-24(22)32/h4-7,11-17,20,34H,2-3,8-10H2,1H3,(H,36,37)(H,38,39)/b19-4+,21-15+. The summed E-state index contributed by atoms with van der Waals surface area (Å²) in [6.45, 7) is 10.2. The third kappa shape index (κ3) is 4.54. The molecule has 1 saturated carbocycles. The lowest BCUT2D eigenvalue weighted by Crippen LogP contribution is -2.23. The third-order valence-corrected chi connectivity index (χ3v) is 7.23. The number of nitrogens with zero attached hydrogens (tertiary/aromatic N) is 4. The average molecular weight is 518 g/mol. The smallest absolute Gasteiger partial charge is 0.161 e. The molecule has 5 aromatic rings. The highest BCUT2D eigenvalue weighted by Crippen LogP contribution is 2.33. The molecule has 0 atom stereocenters. The summed E-state index contributed by atoms with van der Waals surface area (Å²) in [6.07, 6.45) is 12.7. The van der Waals surface area contributed by atoms with E-state index in [0.717, 1.165) is 28.2 Å². The monoisotopic (exact) mass is 517 g/mol. The lowest BCUT2D eigenvalue weighted by Gasteiger charge is -2.28. The molecule has 4 heterocycles. The Morgan fingerprint density at radius 2 is 1.90 bits per heavy atom. The number of fused-ring (bicyclic) bond motifs is 2. The van der Waals surface area contributed by atoms with E-state index in [4.69, 9.17) is 9.97 Å². The molecule has 1 aromatic carbocycles. The van der Waals surface area contributed by atoms with Gasteiger partial charge in [0.2, 0.25) is 0 Å². The number of hydrogen-bond acceptors (Lipinski definition) is 5. The highest BCUT2D eigenvalue weighted by molar-refractivity contribution is 5.95. The summed E-state index contributed by atoms with van der Waals surface area (Å²) in [6, 6.07) is 10.5. The summed E-state index contributed by atoms with van der Waals surface area (Å²) in [7, 11) is 0. The molecule has 0 aliphatic heterocycles. The predicted octanol–water partition coefficient (Wildman–Crippen LogP) is 7.08. The van der Waals surface area contributed by atoms with Gasteiger partial charge in [0.15, 0.2) is 11.5 Å². The van der Waals surface area contributed by atoms with Gasteiger partial charge in [0.05, 0.1) is 22.9 Å². The van der Waals surface area contributed by atoms with Crippen LogP contribution in [0.2, 0.25) is 0 Å². The number of nitrogens with one attached hydrogen (secondary N) is 3. The summed E-state index contributed by atoms with van der Waals surface area (Å²) in [5.74, 6) is 0.710. The van der Waals surface area contributed by atoms with Gasteiger partial charge in [-0.1, -0.05) is 43.9 Å². The molecular formula is C31H28FN7. The first-order valence-corrected chi connectivity index (χ1v) is 13.0. The Morgan fingerprint density at radius 1 is 1.05 bits per heavy atom. The summed E-state index contributed by atoms with van der Waals surface area (Å²) in [5, 5.41) is 11.0. The molecule has 39 heavy (non-hydrogen) atoms. The molecule has 7 nitrogen and oxygen atoms in total. The molecule has 0 amide bonds. The van der Waals surface area contributed by atoms with Crippen LogP contribution in [0.5, 0.6) is 0 Å². The number of benzene rings is 1. The van der Waals surface area contributed by atoms with Crippen molar-refractivity contribution in [3.63, 3.8) is 0 Å². The van der Waals surface area contributed by atoms with E-state index in [1.807, 2.05) is 31.2 Å². The second-order valence-corrected chi connectivity index (χ2v) is 9.64. The Bertz CT molecular complexity index is 1790. The van der Waals surface area contributed by atoms with Crippen LogP contribution in [0.15, 0.2) is 91.6 Å². The van der Waals surface area contributed by atoms with Crippen LogP contribution in [0.1, 0.15) is 31.9 Å². The maximum atomic E-state index is 14.6. The minimum absolute atomic E-state index is 0.329. The first-order valence-electron chi connectivity index (χ1n) is 13.0. The predicted molar refractivity (Wildman–Crippen MR) is 154 cm³/mol. The topological polar surface area (TPSA) is 95.2 Å². The molecule has 3 N–H and O–H groups in total. The van der Waals surface area contributed by atoms with Crippen LogP contribution in [-0.2, 0) is 0 Å². The lowest BCUT2D eigenvalue weighted by molar-refractivity contribution is 0.356. The second-order valence-electron chi connectivity index (χ2n) is 9.64. The van der Waals surface area contributed by atoms with E-state index in [2.05, 4.69) is 38.6 Å². The van der Waals surface area contributed by atoms with Gasteiger partial charge in [-0.2, -0.15) is 5.10 Å². The first kappa shape index (κ1) is 24.5. The summed E-state index contributed by atoms with van der Waals surface area (Å²) in [5.41, 5.74) is 7.99. The number of aromatic nitrogens is 6. The van der Waals surface area contributed by atoms with E-state index in [9.17, 15) is 4.39 Å². The molecule has 0 bridgehead atoms. The van der Waals surface area contributed by atoms with Gasteiger partial charge >= 0.3 is 0 Å². The summed E-state index contributed by atoms with van der Waals surface area (Å²) >= 11 is 0. The lowest BCUT2D eigenvalue weighted by atomic mass is 9.83. The Balaban J connectivity index is 1.38. The van der Waals surface area contributed by atoms with Gasteiger partial charge in [0.25, 0.3) is 0 Å². The van der Waals surface area contributed by atoms with Crippen molar-refractivity contribution in [1.29, 1.82) is 0 Å². The minimum atomic E-state index is -0.329. The number of allylic oxidation sites excluding steroid dienone is 5. The fourth-order valence-corrected chi connectivity index (χ4v) is 4.81. The van der Waals surface area contributed by atoms with E-state index >= 15 is 0 Å². The molecule has 0 unspecified atom stereocenters. The largest absolute Gasteiger partial charge is 0.359 e. The highest BCUT2D eigenvalue weighted by Gasteiger charge is 2.21. The van der Waals surface area contributed by atoms with Gasteiger partial charge in [-0.3, -0.25) is 10.1 Å². The number of rotatable bonds is 8. The quantitative estimate of drug-likeness (QED) is 0.191. The minimum Gasteiger partial charge on any atom is -0.359 e. The number of halogens is 1. The van der Waals surface area contributed by atoms with Gasteiger partial charge in [-0.05, 0) is 61.6 Å². The van der Waals surface area contributed by atoms with Crippen molar-refractivity contribution < 1.29 is 4.39 Å². The highest BCUT2D eigenvalue weighted by atomic mass is 19.1. The second kappa shape index (κ2) is 10.1. The van der Waals surface area contributed by atoms with Gasteiger partial charge in [-0.25, -0.2) is 14.4 Å². The molecule has 1 aliphatic rings. The molecule has 8 heteroatoms. The van der Waals surface area contributed by atoms with E-state index in [0.29, 0.717) is 45.1 Å². The summed E-state index contributed by atoms with van der Waals surface area (Å²) < 4.78 is 14.6. The molecule has 4 aromatic heterocycles. The zero-order valence-corrected chi connectivity index (χ0v) is 21.6. The van der Waals surface area contributed by atoms with Gasteiger partial charge < -0.3 is 10.3 Å². The Morgan fingerprint density at radius 3 is 2.64 bits per heavy atom. The molecule has 1 fully saturated rings. The summed E-state index contributed by atoms with van der Waals surface area (Å²) in [4.78, 5) is 17.3. The maximum Gasteiger partial charge on any atom is 0.161 e.